The van der Waals surface area contributed by atoms with E-state index in [1.54, 1.807) is 30.0 Å². The van der Waals surface area contributed by atoms with Crippen LogP contribution in [0.25, 0.3) is 0 Å². The fourth-order valence-corrected chi connectivity index (χ4v) is 2.81. The van der Waals surface area contributed by atoms with Gasteiger partial charge in [0, 0.05) is 10.5 Å². The van der Waals surface area contributed by atoms with Crippen molar-refractivity contribution < 1.29 is 19.1 Å². The van der Waals surface area contributed by atoms with Gasteiger partial charge in [0.25, 0.3) is 0 Å². The van der Waals surface area contributed by atoms with Crippen LogP contribution in [0, 0.1) is 13.8 Å². The Morgan fingerprint density at radius 1 is 1.04 bits per heavy atom. The zero-order chi connectivity index (χ0) is 17.7. The number of benzene rings is 2. The van der Waals surface area contributed by atoms with Crippen LogP contribution in [-0.4, -0.2) is 31.7 Å². The number of esters is 1. The molecular formula is C19H20O4S. The number of ether oxygens (including phenoxy) is 2. The van der Waals surface area contributed by atoms with E-state index in [1.807, 2.05) is 38.3 Å². The molecule has 0 aliphatic heterocycles. The molecule has 0 fully saturated rings. The summed E-state index contributed by atoms with van der Waals surface area (Å²) in [5.74, 6) is -0.357. The van der Waals surface area contributed by atoms with Crippen molar-refractivity contribution in [2.45, 2.75) is 18.7 Å². The summed E-state index contributed by atoms with van der Waals surface area (Å²) in [7, 11) is 1.50. The number of thioether (sulfide) groups is 1. The number of aryl methyl sites for hydroxylation is 2. The first kappa shape index (κ1) is 18.1. The molecule has 0 amide bonds. The van der Waals surface area contributed by atoms with Gasteiger partial charge in [-0.05, 0) is 43.9 Å². The Kier molecular flexibility index (Phi) is 6.04. The SMILES string of the molecule is COc1cc(SC)ccc1C(=O)OCC(=O)c1ccc(C)cc1C. The van der Waals surface area contributed by atoms with Gasteiger partial charge < -0.3 is 9.47 Å². The molecule has 0 atom stereocenters. The molecule has 0 saturated heterocycles. The van der Waals surface area contributed by atoms with Crippen LogP contribution in [0.2, 0.25) is 0 Å². The number of hydrogen-bond acceptors (Lipinski definition) is 5. The third-order valence-electron chi connectivity index (χ3n) is 3.65. The first-order valence-corrected chi connectivity index (χ1v) is 8.68. The smallest absolute Gasteiger partial charge is 0.342 e. The van der Waals surface area contributed by atoms with Gasteiger partial charge in [0.05, 0.1) is 7.11 Å². The molecule has 0 aliphatic carbocycles. The molecule has 0 unspecified atom stereocenters. The molecule has 0 saturated carbocycles. The van der Waals surface area contributed by atoms with Crippen molar-refractivity contribution in [3.8, 4) is 5.75 Å². The molecule has 2 aromatic carbocycles. The topological polar surface area (TPSA) is 52.6 Å². The van der Waals surface area contributed by atoms with Crippen molar-refractivity contribution in [1.29, 1.82) is 0 Å². The van der Waals surface area contributed by atoms with E-state index in [4.69, 9.17) is 9.47 Å². The van der Waals surface area contributed by atoms with E-state index in [-0.39, 0.29) is 12.4 Å². The second kappa shape index (κ2) is 8.02. The quantitative estimate of drug-likeness (QED) is 0.449. The highest BCUT2D eigenvalue weighted by Gasteiger charge is 2.17. The van der Waals surface area contributed by atoms with Crippen LogP contribution < -0.4 is 4.74 Å². The number of Topliss-reactive ketones (excluding diaryl/α,β-unsaturated/α-hetero) is 1. The largest absolute Gasteiger partial charge is 0.496 e. The Morgan fingerprint density at radius 3 is 2.38 bits per heavy atom. The molecule has 0 aromatic heterocycles. The van der Waals surface area contributed by atoms with E-state index < -0.39 is 5.97 Å². The van der Waals surface area contributed by atoms with Crippen molar-refractivity contribution in [3.63, 3.8) is 0 Å². The maximum absolute atomic E-state index is 12.3. The number of rotatable bonds is 6. The fraction of sp³-hybridized carbons (Fsp3) is 0.263. The molecule has 4 nitrogen and oxygen atoms in total. The minimum Gasteiger partial charge on any atom is -0.496 e. The summed E-state index contributed by atoms with van der Waals surface area (Å²) in [4.78, 5) is 25.5. The molecule has 0 aliphatic rings. The second-order valence-electron chi connectivity index (χ2n) is 5.38. The summed E-state index contributed by atoms with van der Waals surface area (Å²) in [6.45, 7) is 3.54. The standard InChI is InChI=1S/C19H20O4S/c1-12-5-7-15(13(2)9-12)17(20)11-23-19(21)16-8-6-14(24-4)10-18(16)22-3/h5-10H,11H2,1-4H3. The Labute approximate surface area is 146 Å². The minimum absolute atomic E-state index is 0.222. The number of carbonyl (C=O) groups is 2. The zero-order valence-corrected chi connectivity index (χ0v) is 15.0. The second-order valence-corrected chi connectivity index (χ2v) is 6.26. The van der Waals surface area contributed by atoms with Crippen molar-refractivity contribution in [2.75, 3.05) is 20.0 Å². The summed E-state index contributed by atoms with van der Waals surface area (Å²) in [6, 6.07) is 10.8. The summed E-state index contributed by atoms with van der Waals surface area (Å²) in [5, 5.41) is 0. The van der Waals surface area contributed by atoms with E-state index in [9.17, 15) is 9.59 Å². The first-order valence-electron chi connectivity index (χ1n) is 7.46. The number of methoxy groups -OCH3 is 1. The number of ketones is 1. The summed E-state index contributed by atoms with van der Waals surface area (Å²) in [6.07, 6.45) is 1.94. The molecule has 0 N–H and O–H groups in total. The number of carbonyl (C=O) groups excluding carboxylic acids is 2. The van der Waals surface area contributed by atoms with Crippen LogP contribution in [0.3, 0.4) is 0 Å². The maximum Gasteiger partial charge on any atom is 0.342 e. The maximum atomic E-state index is 12.3. The third-order valence-corrected chi connectivity index (χ3v) is 4.37. The molecule has 0 radical (unpaired) electrons. The molecule has 0 heterocycles. The molecule has 126 valence electrons. The average Bonchev–Trinajstić information content (AvgIpc) is 2.58. The van der Waals surface area contributed by atoms with Crippen LogP contribution in [-0.2, 0) is 4.74 Å². The minimum atomic E-state index is -0.572. The first-order chi connectivity index (χ1) is 11.5. The lowest BCUT2D eigenvalue weighted by atomic mass is 10.0. The molecule has 2 rings (SSSR count). The molecular weight excluding hydrogens is 324 g/mol. The molecule has 5 heteroatoms. The van der Waals surface area contributed by atoms with Gasteiger partial charge >= 0.3 is 5.97 Å². The highest BCUT2D eigenvalue weighted by atomic mass is 32.2. The van der Waals surface area contributed by atoms with Gasteiger partial charge in [0.15, 0.2) is 6.61 Å². The fourth-order valence-electron chi connectivity index (χ4n) is 2.38. The van der Waals surface area contributed by atoms with Gasteiger partial charge in [-0.15, -0.1) is 11.8 Å². The van der Waals surface area contributed by atoms with E-state index in [0.717, 1.165) is 16.0 Å². The van der Waals surface area contributed by atoms with Crippen LogP contribution in [0.1, 0.15) is 31.8 Å². The van der Waals surface area contributed by atoms with Crippen molar-refractivity contribution in [1.82, 2.24) is 0 Å². The van der Waals surface area contributed by atoms with Gasteiger partial charge in [-0.2, -0.15) is 0 Å². The Hall–Kier alpha value is -2.27. The number of hydrogen-bond donors (Lipinski definition) is 0. The van der Waals surface area contributed by atoms with Gasteiger partial charge in [-0.1, -0.05) is 23.8 Å². The molecule has 24 heavy (non-hydrogen) atoms. The summed E-state index contributed by atoms with van der Waals surface area (Å²) < 4.78 is 10.4. The summed E-state index contributed by atoms with van der Waals surface area (Å²) in [5.41, 5.74) is 2.83. The van der Waals surface area contributed by atoms with Gasteiger partial charge in [-0.3, -0.25) is 4.79 Å². The van der Waals surface area contributed by atoms with Crippen molar-refractivity contribution in [3.05, 3.63) is 58.7 Å². The average molecular weight is 344 g/mol. The Morgan fingerprint density at radius 2 is 1.75 bits per heavy atom. The van der Waals surface area contributed by atoms with E-state index in [2.05, 4.69) is 0 Å². The third kappa shape index (κ3) is 4.17. The summed E-state index contributed by atoms with van der Waals surface area (Å²) >= 11 is 1.55. The van der Waals surface area contributed by atoms with Crippen LogP contribution >= 0.6 is 11.8 Å². The lowest BCUT2D eigenvalue weighted by Gasteiger charge is -2.10. The predicted molar refractivity (Wildman–Crippen MR) is 95.3 cm³/mol. The highest BCUT2D eigenvalue weighted by Crippen LogP contribution is 2.26. The Bertz CT molecular complexity index is 768. The van der Waals surface area contributed by atoms with Crippen LogP contribution in [0.5, 0.6) is 5.75 Å². The molecule has 2 aromatic rings. The lowest BCUT2D eigenvalue weighted by molar-refractivity contribution is 0.0471. The van der Waals surface area contributed by atoms with E-state index in [0.29, 0.717) is 16.9 Å². The van der Waals surface area contributed by atoms with Crippen LogP contribution in [0.15, 0.2) is 41.3 Å². The zero-order valence-electron chi connectivity index (χ0n) is 14.2. The monoisotopic (exact) mass is 344 g/mol. The molecule has 0 spiro atoms. The molecule has 0 bridgehead atoms. The predicted octanol–water partition coefficient (Wildman–Crippen LogP) is 4.07. The van der Waals surface area contributed by atoms with Crippen molar-refractivity contribution >= 4 is 23.5 Å². The van der Waals surface area contributed by atoms with E-state index in [1.165, 1.54) is 7.11 Å². The normalized spacial score (nSPS) is 10.3. The van der Waals surface area contributed by atoms with Crippen LogP contribution in [0.4, 0.5) is 0 Å². The van der Waals surface area contributed by atoms with E-state index >= 15 is 0 Å². The van der Waals surface area contributed by atoms with Crippen molar-refractivity contribution in [2.24, 2.45) is 0 Å². The van der Waals surface area contributed by atoms with Gasteiger partial charge in [0.2, 0.25) is 5.78 Å². The van der Waals surface area contributed by atoms with Gasteiger partial charge in [0.1, 0.15) is 11.3 Å². The lowest BCUT2D eigenvalue weighted by Crippen LogP contribution is -2.15. The Balaban J connectivity index is 2.09. The highest BCUT2D eigenvalue weighted by molar-refractivity contribution is 7.98. The van der Waals surface area contributed by atoms with Gasteiger partial charge in [-0.25, -0.2) is 4.79 Å².